The Morgan fingerprint density at radius 2 is 1.93 bits per heavy atom. The van der Waals surface area contributed by atoms with E-state index in [0.29, 0.717) is 10.7 Å². The smallest absolute Gasteiger partial charge is 0.108 e. The number of benzene rings is 1. The molecule has 0 radical (unpaired) electrons. The lowest BCUT2D eigenvalue weighted by atomic mass is 10.1. The van der Waals surface area contributed by atoms with Gasteiger partial charge in [-0.3, -0.25) is 0 Å². The summed E-state index contributed by atoms with van der Waals surface area (Å²) in [6.07, 6.45) is 0. The first-order chi connectivity index (χ1) is 6.81. The normalized spacial score (nSPS) is 9.71. The van der Waals surface area contributed by atoms with Crippen LogP contribution >= 0.6 is 11.6 Å². The summed E-state index contributed by atoms with van der Waals surface area (Å²) in [5, 5.41) is 9.35. The predicted octanol–water partition coefficient (Wildman–Crippen LogP) is 3.21. The van der Waals surface area contributed by atoms with Crippen LogP contribution in [0.2, 0.25) is 5.15 Å². The van der Waals surface area contributed by atoms with Crippen molar-refractivity contribution in [3.63, 3.8) is 0 Å². The molecule has 3 heteroatoms. The van der Waals surface area contributed by atoms with Gasteiger partial charge in [-0.05, 0) is 11.6 Å². The lowest BCUT2D eigenvalue weighted by Gasteiger charge is -1.97. The molecule has 0 fully saturated rings. The number of hydrogen-bond acceptors (Lipinski definition) is 1. The van der Waals surface area contributed by atoms with Gasteiger partial charge in [-0.2, -0.15) is 5.26 Å². The van der Waals surface area contributed by atoms with Crippen LogP contribution in [0.25, 0.3) is 11.3 Å². The molecule has 2 nitrogen and oxygen atoms in total. The fraction of sp³-hybridized carbons (Fsp3) is 0. The first-order valence-electron chi connectivity index (χ1n) is 4.15. The van der Waals surface area contributed by atoms with Gasteiger partial charge in [0.15, 0.2) is 0 Å². The number of rotatable bonds is 1. The maximum atomic E-state index is 8.86. The Morgan fingerprint density at radius 1 is 1.21 bits per heavy atom. The van der Waals surface area contributed by atoms with E-state index in [1.54, 1.807) is 6.07 Å². The molecular weight excluding hydrogens is 196 g/mol. The summed E-state index contributed by atoms with van der Waals surface area (Å²) in [6, 6.07) is 13.4. The van der Waals surface area contributed by atoms with Crippen LogP contribution in [0, 0.1) is 11.3 Å². The Kier molecular flexibility index (Phi) is 2.26. The fourth-order valence-corrected chi connectivity index (χ4v) is 1.55. The number of hydrogen-bond donors (Lipinski definition) is 1. The molecule has 1 heterocycles. The molecule has 1 N–H and O–H groups in total. The van der Waals surface area contributed by atoms with Crippen molar-refractivity contribution in [3.05, 3.63) is 47.1 Å². The van der Waals surface area contributed by atoms with Crippen LogP contribution in [0.5, 0.6) is 0 Å². The van der Waals surface area contributed by atoms with E-state index in [0.717, 1.165) is 11.3 Å². The highest BCUT2D eigenvalue weighted by Gasteiger charge is 2.07. The molecule has 0 saturated carbocycles. The predicted molar refractivity (Wildman–Crippen MR) is 56.0 cm³/mol. The maximum absolute atomic E-state index is 8.86. The van der Waals surface area contributed by atoms with Crippen molar-refractivity contribution in [1.29, 1.82) is 5.26 Å². The van der Waals surface area contributed by atoms with E-state index in [1.165, 1.54) is 0 Å². The van der Waals surface area contributed by atoms with Crippen molar-refractivity contribution in [1.82, 2.24) is 4.98 Å². The second-order valence-corrected chi connectivity index (χ2v) is 3.29. The third kappa shape index (κ3) is 1.50. The number of nitrogens with one attached hydrogen (secondary N) is 1. The second-order valence-electron chi connectivity index (χ2n) is 2.88. The zero-order valence-corrected chi connectivity index (χ0v) is 8.05. The van der Waals surface area contributed by atoms with Crippen LogP contribution in [0.3, 0.4) is 0 Å². The molecule has 0 atom stereocenters. The van der Waals surface area contributed by atoms with Crippen molar-refractivity contribution in [2.75, 3.05) is 0 Å². The minimum Gasteiger partial charge on any atom is -0.345 e. The molecule has 0 amide bonds. The maximum Gasteiger partial charge on any atom is 0.108 e. The van der Waals surface area contributed by atoms with E-state index < -0.39 is 0 Å². The van der Waals surface area contributed by atoms with Gasteiger partial charge < -0.3 is 4.98 Å². The first-order valence-corrected chi connectivity index (χ1v) is 4.53. The average molecular weight is 203 g/mol. The van der Waals surface area contributed by atoms with Crippen molar-refractivity contribution in [3.8, 4) is 17.3 Å². The fourth-order valence-electron chi connectivity index (χ4n) is 1.34. The van der Waals surface area contributed by atoms with Gasteiger partial charge in [-0.25, -0.2) is 0 Å². The molecule has 0 spiro atoms. The van der Waals surface area contributed by atoms with E-state index in [1.807, 2.05) is 30.3 Å². The van der Waals surface area contributed by atoms with Gasteiger partial charge in [0.2, 0.25) is 0 Å². The van der Waals surface area contributed by atoms with E-state index in [4.69, 9.17) is 16.9 Å². The van der Waals surface area contributed by atoms with Crippen molar-refractivity contribution < 1.29 is 0 Å². The molecule has 2 aromatic rings. The second kappa shape index (κ2) is 3.57. The zero-order chi connectivity index (χ0) is 9.97. The lowest BCUT2D eigenvalue weighted by molar-refractivity contribution is 1.39. The summed E-state index contributed by atoms with van der Waals surface area (Å²) >= 11 is 5.79. The molecule has 0 aliphatic carbocycles. The molecule has 1 aromatic carbocycles. The Bertz CT molecular complexity index is 480. The summed E-state index contributed by atoms with van der Waals surface area (Å²) in [5.41, 5.74) is 2.32. The molecule has 2 rings (SSSR count). The van der Waals surface area contributed by atoms with E-state index in [-0.39, 0.29) is 0 Å². The Labute approximate surface area is 86.8 Å². The molecule has 0 aliphatic heterocycles. The van der Waals surface area contributed by atoms with Crippen LogP contribution in [-0.2, 0) is 0 Å². The van der Waals surface area contributed by atoms with Gasteiger partial charge >= 0.3 is 0 Å². The number of H-pyrrole nitrogens is 1. The van der Waals surface area contributed by atoms with Gasteiger partial charge in [0.05, 0.1) is 11.3 Å². The van der Waals surface area contributed by atoms with Crippen LogP contribution in [-0.4, -0.2) is 4.98 Å². The summed E-state index contributed by atoms with van der Waals surface area (Å²) in [7, 11) is 0. The highest BCUT2D eigenvalue weighted by molar-refractivity contribution is 6.29. The Balaban J connectivity index is 2.58. The number of nitriles is 1. The SMILES string of the molecule is N#Cc1cc(Cl)[nH]c1-c1ccccc1. The molecule has 0 aliphatic rings. The number of aromatic nitrogens is 1. The first kappa shape index (κ1) is 8.86. The third-order valence-corrected chi connectivity index (χ3v) is 2.17. The molecule has 0 unspecified atom stereocenters. The Hall–Kier alpha value is -1.72. The topological polar surface area (TPSA) is 39.6 Å². The average Bonchev–Trinajstić information content (AvgIpc) is 2.61. The summed E-state index contributed by atoms with van der Waals surface area (Å²) in [5.74, 6) is 0. The van der Waals surface area contributed by atoms with E-state index >= 15 is 0 Å². The number of nitrogens with zero attached hydrogens (tertiary/aromatic N) is 1. The van der Waals surface area contributed by atoms with Gasteiger partial charge in [-0.15, -0.1) is 0 Å². The zero-order valence-electron chi connectivity index (χ0n) is 7.29. The molecule has 0 bridgehead atoms. The molecular formula is C11H7ClN2. The monoisotopic (exact) mass is 202 g/mol. The minimum atomic E-state index is 0.486. The van der Waals surface area contributed by atoms with Crippen molar-refractivity contribution in [2.24, 2.45) is 0 Å². The molecule has 14 heavy (non-hydrogen) atoms. The highest BCUT2D eigenvalue weighted by Crippen LogP contribution is 2.24. The number of halogens is 1. The highest BCUT2D eigenvalue weighted by atomic mass is 35.5. The van der Waals surface area contributed by atoms with E-state index in [9.17, 15) is 0 Å². The lowest BCUT2D eigenvalue weighted by Crippen LogP contribution is -1.79. The van der Waals surface area contributed by atoms with Crippen LogP contribution in [0.4, 0.5) is 0 Å². The van der Waals surface area contributed by atoms with Crippen LogP contribution in [0.15, 0.2) is 36.4 Å². The van der Waals surface area contributed by atoms with E-state index in [2.05, 4.69) is 11.1 Å². The van der Waals surface area contributed by atoms with Gasteiger partial charge in [-0.1, -0.05) is 41.9 Å². The van der Waals surface area contributed by atoms with Crippen LogP contribution < -0.4 is 0 Å². The standard InChI is InChI=1S/C11H7ClN2/c12-10-6-9(7-13)11(14-10)8-4-2-1-3-5-8/h1-6,14H. The van der Waals surface area contributed by atoms with Crippen LogP contribution in [0.1, 0.15) is 5.56 Å². The summed E-state index contributed by atoms with van der Waals surface area (Å²) in [4.78, 5) is 2.95. The molecule has 0 saturated heterocycles. The minimum absolute atomic E-state index is 0.486. The summed E-state index contributed by atoms with van der Waals surface area (Å²) in [6.45, 7) is 0. The quantitative estimate of drug-likeness (QED) is 0.758. The van der Waals surface area contributed by atoms with Gasteiger partial charge in [0, 0.05) is 0 Å². The van der Waals surface area contributed by atoms with Crippen molar-refractivity contribution in [2.45, 2.75) is 0 Å². The van der Waals surface area contributed by atoms with Gasteiger partial charge in [0.1, 0.15) is 11.2 Å². The van der Waals surface area contributed by atoms with Gasteiger partial charge in [0.25, 0.3) is 0 Å². The molecule has 1 aromatic heterocycles. The third-order valence-electron chi connectivity index (χ3n) is 1.97. The molecule has 68 valence electrons. The Morgan fingerprint density at radius 3 is 2.57 bits per heavy atom. The largest absolute Gasteiger partial charge is 0.345 e. The summed E-state index contributed by atoms with van der Waals surface area (Å²) < 4.78 is 0. The van der Waals surface area contributed by atoms with Crippen molar-refractivity contribution >= 4 is 11.6 Å². The number of aromatic amines is 1.